The standard InChI is InChI=1S/C24H33N3O5.C2H6O.C2H6.2H2/c1-3-7-23(29)26-22(16-19-8-5-4-6-9-19)24(30)25-21-12-10-20(11-13-21)17-31-18-32-27(2)14-15-28;1-2-3;1-2;;/h4-6,8-13,22,28H,3,7,14-18H2,1-2H3,(H,25,30)(H,26,29);3H,2H2,1H3;1-2H3;2*1H/t22-;;;;/m0..../s1. The Kier molecular flexibility index (Phi) is 20.7. The Bertz CT molecular complexity index is 845. The van der Waals surface area contributed by atoms with Crippen LogP contribution in [0.2, 0.25) is 0 Å². The van der Waals surface area contributed by atoms with Gasteiger partial charge in [-0.1, -0.05) is 63.2 Å². The number of nitrogens with one attached hydrogen (secondary N) is 2. The molecule has 9 nitrogen and oxygen atoms in total. The van der Waals surface area contributed by atoms with E-state index in [0.29, 0.717) is 31.7 Å². The van der Waals surface area contributed by atoms with Gasteiger partial charge in [-0.15, -0.1) is 0 Å². The van der Waals surface area contributed by atoms with E-state index >= 15 is 0 Å². The molecule has 2 aromatic carbocycles. The highest BCUT2D eigenvalue weighted by atomic mass is 16.8. The molecule has 0 saturated heterocycles. The molecule has 1 atom stereocenters. The van der Waals surface area contributed by atoms with E-state index in [0.717, 1.165) is 17.5 Å². The third kappa shape index (κ3) is 16.5. The SMILES string of the molecule is CC.CCCC(=O)N[C@@H](Cc1ccccc1)C(=O)Nc1ccc(COCON(C)CCO)cc1.CCO.[HH].[HH]. The summed E-state index contributed by atoms with van der Waals surface area (Å²) in [6.07, 6.45) is 1.52. The molecule has 212 valence electrons. The molecule has 0 fully saturated rings. The summed E-state index contributed by atoms with van der Waals surface area (Å²) in [5, 5.41) is 23.6. The molecule has 0 radical (unpaired) electrons. The summed E-state index contributed by atoms with van der Waals surface area (Å²) in [5.74, 6) is -0.398. The largest absolute Gasteiger partial charge is 0.397 e. The van der Waals surface area contributed by atoms with Crippen LogP contribution in [0.15, 0.2) is 54.6 Å². The van der Waals surface area contributed by atoms with Crippen LogP contribution in [-0.2, 0) is 32.2 Å². The summed E-state index contributed by atoms with van der Waals surface area (Å²) in [5.41, 5.74) is 2.54. The van der Waals surface area contributed by atoms with E-state index in [1.807, 2.05) is 63.2 Å². The van der Waals surface area contributed by atoms with Gasteiger partial charge < -0.3 is 25.6 Å². The van der Waals surface area contributed by atoms with Gasteiger partial charge in [-0.2, -0.15) is 5.06 Å². The number of hydroxylamine groups is 2. The Morgan fingerprint density at radius 2 is 1.62 bits per heavy atom. The molecule has 4 N–H and O–H groups in total. The zero-order valence-corrected chi connectivity index (χ0v) is 22.9. The number of amides is 2. The van der Waals surface area contributed by atoms with Gasteiger partial charge in [-0.05, 0) is 36.6 Å². The summed E-state index contributed by atoms with van der Waals surface area (Å²) < 4.78 is 5.45. The summed E-state index contributed by atoms with van der Waals surface area (Å²) in [6, 6.07) is 16.3. The molecule has 0 spiro atoms. The van der Waals surface area contributed by atoms with Gasteiger partial charge in [0.1, 0.15) is 6.04 Å². The number of carbonyl (C=O) groups is 2. The summed E-state index contributed by atoms with van der Waals surface area (Å²) >= 11 is 0. The van der Waals surface area contributed by atoms with Crippen LogP contribution in [-0.4, -0.2) is 66.7 Å². The second-order valence-electron chi connectivity index (χ2n) is 7.73. The smallest absolute Gasteiger partial charge is 0.247 e. The van der Waals surface area contributed by atoms with E-state index in [4.69, 9.17) is 19.8 Å². The van der Waals surface area contributed by atoms with Gasteiger partial charge in [0.05, 0.1) is 13.2 Å². The predicted octanol–water partition coefficient (Wildman–Crippen LogP) is 4.00. The number of aliphatic hydroxyl groups excluding tert-OH is 2. The Morgan fingerprint density at radius 1 is 1.00 bits per heavy atom. The van der Waals surface area contributed by atoms with Gasteiger partial charge in [0, 0.05) is 41.6 Å². The van der Waals surface area contributed by atoms with Crippen molar-refractivity contribution in [3.8, 4) is 0 Å². The highest BCUT2D eigenvalue weighted by Crippen LogP contribution is 2.12. The quantitative estimate of drug-likeness (QED) is 0.168. The number of hydrogen-bond donors (Lipinski definition) is 4. The second-order valence-corrected chi connectivity index (χ2v) is 7.73. The van der Waals surface area contributed by atoms with E-state index in [2.05, 4.69) is 10.6 Å². The fraction of sp³-hybridized carbons (Fsp3) is 0.500. The Hall–Kier alpha value is -2.82. The van der Waals surface area contributed by atoms with Crippen molar-refractivity contribution in [2.75, 3.05) is 38.9 Å². The number of anilines is 1. The van der Waals surface area contributed by atoms with Crippen molar-refractivity contribution >= 4 is 17.5 Å². The number of likely N-dealkylation sites (N-methyl/N-ethyl adjacent to an activating group) is 1. The zero-order valence-electron chi connectivity index (χ0n) is 22.9. The van der Waals surface area contributed by atoms with Crippen molar-refractivity contribution in [2.45, 2.75) is 59.6 Å². The van der Waals surface area contributed by atoms with Crippen molar-refractivity contribution in [3.05, 3.63) is 65.7 Å². The lowest BCUT2D eigenvalue weighted by atomic mass is 10.0. The average molecular weight is 524 g/mol. The topological polar surface area (TPSA) is 120 Å². The number of rotatable bonds is 14. The molecule has 9 heteroatoms. The molecule has 0 heterocycles. The van der Waals surface area contributed by atoms with Gasteiger partial charge in [0.15, 0.2) is 6.79 Å². The van der Waals surface area contributed by atoms with Crippen LogP contribution in [0, 0.1) is 0 Å². The first-order valence-corrected chi connectivity index (χ1v) is 12.8. The molecule has 0 aromatic heterocycles. The van der Waals surface area contributed by atoms with E-state index in [-0.39, 0.29) is 34.7 Å². The molecular formula is C28H49N3O6. The predicted molar refractivity (Wildman–Crippen MR) is 151 cm³/mol. The van der Waals surface area contributed by atoms with E-state index < -0.39 is 6.04 Å². The lowest BCUT2D eigenvalue weighted by Gasteiger charge is -2.19. The van der Waals surface area contributed by atoms with E-state index in [1.54, 1.807) is 26.1 Å². The molecule has 0 aliphatic rings. The minimum absolute atomic E-state index is 0. The monoisotopic (exact) mass is 523 g/mol. The number of carbonyl (C=O) groups excluding carboxylic acids is 2. The third-order valence-electron chi connectivity index (χ3n) is 4.67. The molecule has 37 heavy (non-hydrogen) atoms. The minimum atomic E-state index is -0.660. The fourth-order valence-electron chi connectivity index (χ4n) is 2.96. The summed E-state index contributed by atoms with van der Waals surface area (Å²) in [7, 11) is 1.72. The van der Waals surface area contributed by atoms with Crippen LogP contribution in [0.3, 0.4) is 0 Å². The van der Waals surface area contributed by atoms with Gasteiger partial charge >= 0.3 is 0 Å². The van der Waals surface area contributed by atoms with Gasteiger partial charge in [0.2, 0.25) is 11.8 Å². The first kappa shape index (κ1) is 34.2. The zero-order chi connectivity index (χ0) is 27.9. The Balaban J connectivity index is -0.00000173. The average Bonchev–Trinajstić information content (AvgIpc) is 2.90. The fourth-order valence-corrected chi connectivity index (χ4v) is 2.96. The lowest BCUT2D eigenvalue weighted by molar-refractivity contribution is -0.217. The first-order valence-electron chi connectivity index (χ1n) is 12.8. The third-order valence-corrected chi connectivity index (χ3v) is 4.67. The Labute approximate surface area is 224 Å². The summed E-state index contributed by atoms with van der Waals surface area (Å²) in [6.45, 7) is 8.70. The van der Waals surface area contributed by atoms with Crippen LogP contribution in [0.1, 0.15) is 54.5 Å². The second kappa shape index (κ2) is 22.4. The molecule has 0 bridgehead atoms. The molecule has 2 amide bonds. The van der Waals surface area contributed by atoms with Crippen molar-refractivity contribution in [1.82, 2.24) is 10.4 Å². The molecule has 2 aromatic rings. The maximum atomic E-state index is 12.9. The maximum Gasteiger partial charge on any atom is 0.247 e. The highest BCUT2D eigenvalue weighted by Gasteiger charge is 2.21. The number of benzene rings is 2. The van der Waals surface area contributed by atoms with Gasteiger partial charge in [-0.3, -0.25) is 14.4 Å². The van der Waals surface area contributed by atoms with E-state index in [9.17, 15) is 9.59 Å². The van der Waals surface area contributed by atoms with E-state index in [1.165, 1.54) is 5.06 Å². The first-order chi connectivity index (χ1) is 17.9. The number of nitrogens with zero attached hydrogens (tertiary/aromatic N) is 1. The van der Waals surface area contributed by atoms with Gasteiger partial charge in [-0.25, -0.2) is 0 Å². The maximum absolute atomic E-state index is 12.9. The highest BCUT2D eigenvalue weighted by molar-refractivity contribution is 5.97. The van der Waals surface area contributed by atoms with Crippen LogP contribution >= 0.6 is 0 Å². The summed E-state index contributed by atoms with van der Waals surface area (Å²) in [4.78, 5) is 30.3. The Morgan fingerprint density at radius 3 is 2.19 bits per heavy atom. The van der Waals surface area contributed by atoms with Crippen LogP contribution in [0.25, 0.3) is 0 Å². The molecule has 0 saturated carbocycles. The van der Waals surface area contributed by atoms with Crippen LogP contribution in [0.4, 0.5) is 5.69 Å². The molecule has 0 aliphatic heterocycles. The number of ether oxygens (including phenoxy) is 1. The van der Waals surface area contributed by atoms with Crippen molar-refractivity contribution < 1.29 is 32.2 Å². The van der Waals surface area contributed by atoms with Crippen molar-refractivity contribution in [1.29, 1.82) is 0 Å². The van der Waals surface area contributed by atoms with Crippen LogP contribution in [0.5, 0.6) is 0 Å². The number of aliphatic hydroxyl groups is 2. The molecule has 2 rings (SSSR count). The minimum Gasteiger partial charge on any atom is -0.397 e. The molecule has 0 unspecified atom stereocenters. The van der Waals surface area contributed by atoms with Crippen molar-refractivity contribution in [3.63, 3.8) is 0 Å². The van der Waals surface area contributed by atoms with Crippen molar-refractivity contribution in [2.24, 2.45) is 0 Å². The normalized spacial score (nSPS) is 10.9. The van der Waals surface area contributed by atoms with Crippen LogP contribution < -0.4 is 10.6 Å². The van der Waals surface area contributed by atoms with Gasteiger partial charge in [0.25, 0.3) is 0 Å². The number of hydrogen-bond acceptors (Lipinski definition) is 7. The molecular weight excluding hydrogens is 474 g/mol. The lowest BCUT2D eigenvalue weighted by Crippen LogP contribution is -2.45. The molecule has 0 aliphatic carbocycles.